The van der Waals surface area contributed by atoms with Crippen molar-refractivity contribution in [2.75, 3.05) is 0 Å². The molecule has 2 nitrogen and oxygen atoms in total. The van der Waals surface area contributed by atoms with Crippen LogP contribution in [-0.2, 0) is 0 Å². The highest BCUT2D eigenvalue weighted by atomic mass is 35.5. The molecule has 0 atom stereocenters. The first-order valence-electron chi connectivity index (χ1n) is 5.41. The van der Waals surface area contributed by atoms with E-state index in [-0.39, 0.29) is 5.78 Å². The van der Waals surface area contributed by atoms with Crippen molar-refractivity contribution in [1.29, 1.82) is 0 Å². The average Bonchev–Trinajstić information content (AvgIpc) is 2.34. The number of carbonyl (C=O) groups is 1. The number of hydrogen-bond acceptors (Lipinski definition) is 2. The predicted octanol–water partition coefficient (Wildman–Crippen LogP) is 5.64. The molecule has 5 heteroatoms. The minimum absolute atomic E-state index is 0.0997. The molecule has 98 valence electrons. The third-order valence-electron chi connectivity index (χ3n) is 2.46. The van der Waals surface area contributed by atoms with E-state index >= 15 is 0 Å². The van der Waals surface area contributed by atoms with Crippen molar-refractivity contribution in [2.24, 2.45) is 0 Å². The van der Waals surface area contributed by atoms with E-state index in [0.29, 0.717) is 32.1 Å². The summed E-state index contributed by atoms with van der Waals surface area (Å²) >= 11 is 17.9. The van der Waals surface area contributed by atoms with Gasteiger partial charge in [0.15, 0.2) is 5.78 Å². The summed E-state index contributed by atoms with van der Waals surface area (Å²) in [6, 6.07) is 9.92. The van der Waals surface area contributed by atoms with E-state index in [1.165, 1.54) is 6.92 Å². The highest BCUT2D eigenvalue weighted by molar-refractivity contribution is 6.42. The van der Waals surface area contributed by atoms with Crippen molar-refractivity contribution in [3.63, 3.8) is 0 Å². The molecule has 2 rings (SSSR count). The normalized spacial score (nSPS) is 10.3. The van der Waals surface area contributed by atoms with Crippen LogP contribution in [0.1, 0.15) is 17.3 Å². The quantitative estimate of drug-likeness (QED) is 0.685. The highest BCUT2D eigenvalue weighted by Gasteiger charge is 2.10. The molecule has 0 spiro atoms. The molecule has 0 N–H and O–H groups in total. The van der Waals surface area contributed by atoms with Crippen LogP contribution >= 0.6 is 34.8 Å². The van der Waals surface area contributed by atoms with E-state index in [9.17, 15) is 4.79 Å². The van der Waals surface area contributed by atoms with Crippen molar-refractivity contribution in [3.05, 3.63) is 57.0 Å². The number of ketones is 1. The number of Topliss-reactive ketones (excluding diaryl/α,β-unsaturated/α-hetero) is 1. The van der Waals surface area contributed by atoms with Gasteiger partial charge >= 0.3 is 0 Å². The fraction of sp³-hybridized carbons (Fsp3) is 0.0714. The van der Waals surface area contributed by atoms with Crippen LogP contribution in [-0.4, -0.2) is 5.78 Å². The van der Waals surface area contributed by atoms with Gasteiger partial charge in [-0.2, -0.15) is 0 Å². The van der Waals surface area contributed by atoms with Crippen molar-refractivity contribution in [3.8, 4) is 11.5 Å². The molecule has 0 aliphatic heterocycles. The summed E-state index contributed by atoms with van der Waals surface area (Å²) in [5.74, 6) is 0.817. The second-order valence-corrected chi connectivity index (χ2v) is 5.04. The van der Waals surface area contributed by atoms with E-state index in [2.05, 4.69) is 0 Å². The third-order valence-corrected chi connectivity index (χ3v) is 3.58. The molecule has 0 amide bonds. The summed E-state index contributed by atoms with van der Waals surface area (Å²) in [4.78, 5) is 11.3. The van der Waals surface area contributed by atoms with Crippen LogP contribution in [0.5, 0.6) is 11.5 Å². The summed E-state index contributed by atoms with van der Waals surface area (Å²) < 4.78 is 5.59. The average molecular weight is 316 g/mol. The van der Waals surface area contributed by atoms with Crippen molar-refractivity contribution in [2.45, 2.75) is 6.92 Å². The van der Waals surface area contributed by atoms with Gasteiger partial charge in [-0.25, -0.2) is 0 Å². The fourth-order valence-corrected chi connectivity index (χ4v) is 2.17. The van der Waals surface area contributed by atoms with Crippen molar-refractivity contribution in [1.82, 2.24) is 0 Å². The second-order valence-electron chi connectivity index (χ2n) is 3.85. The molecule has 0 aliphatic carbocycles. The largest absolute Gasteiger partial charge is 0.456 e. The lowest BCUT2D eigenvalue weighted by atomic mass is 10.1. The molecule has 2 aromatic carbocycles. The van der Waals surface area contributed by atoms with Gasteiger partial charge in [0.2, 0.25) is 0 Å². The monoisotopic (exact) mass is 314 g/mol. The van der Waals surface area contributed by atoms with Gasteiger partial charge in [0.1, 0.15) is 16.5 Å². The van der Waals surface area contributed by atoms with Crippen LogP contribution < -0.4 is 4.74 Å². The molecule has 0 saturated heterocycles. The number of carbonyl (C=O) groups excluding carboxylic acids is 1. The lowest BCUT2D eigenvalue weighted by Crippen LogP contribution is -1.94. The Labute approximate surface area is 125 Å². The first-order chi connectivity index (χ1) is 8.99. The highest BCUT2D eigenvalue weighted by Crippen LogP contribution is 2.35. The summed E-state index contributed by atoms with van der Waals surface area (Å²) in [6.07, 6.45) is 0. The zero-order valence-electron chi connectivity index (χ0n) is 9.91. The lowest BCUT2D eigenvalue weighted by molar-refractivity contribution is 0.101. The Balaban J connectivity index is 2.32. The van der Waals surface area contributed by atoms with Crippen LogP contribution in [0.4, 0.5) is 0 Å². The van der Waals surface area contributed by atoms with Crippen LogP contribution in [0.25, 0.3) is 0 Å². The smallest absolute Gasteiger partial charge is 0.161 e. The molecule has 2 aromatic rings. The molecular weight excluding hydrogens is 307 g/mol. The molecule has 0 heterocycles. The minimum Gasteiger partial charge on any atom is -0.456 e. The molecule has 0 unspecified atom stereocenters. The maximum absolute atomic E-state index is 11.3. The number of hydrogen-bond donors (Lipinski definition) is 0. The Morgan fingerprint density at radius 3 is 2.42 bits per heavy atom. The van der Waals surface area contributed by atoms with Crippen molar-refractivity contribution < 1.29 is 9.53 Å². The van der Waals surface area contributed by atoms with Gasteiger partial charge in [-0.05, 0) is 31.2 Å². The molecular formula is C14H9Cl3O2. The zero-order chi connectivity index (χ0) is 14.0. The summed E-state index contributed by atoms with van der Waals surface area (Å²) in [6.45, 7) is 1.45. The van der Waals surface area contributed by atoms with Gasteiger partial charge in [-0.15, -0.1) is 0 Å². The van der Waals surface area contributed by atoms with Crippen LogP contribution in [0.2, 0.25) is 15.1 Å². The topological polar surface area (TPSA) is 26.3 Å². The first-order valence-corrected chi connectivity index (χ1v) is 6.55. The number of ether oxygens (including phenoxy) is 1. The van der Waals surface area contributed by atoms with Gasteiger partial charge in [0.25, 0.3) is 0 Å². The van der Waals surface area contributed by atoms with Crippen LogP contribution in [0.15, 0.2) is 36.4 Å². The maximum atomic E-state index is 11.3. The van der Waals surface area contributed by atoms with E-state index < -0.39 is 0 Å². The Morgan fingerprint density at radius 2 is 1.79 bits per heavy atom. The van der Waals surface area contributed by atoms with Gasteiger partial charge in [0.05, 0.1) is 10.0 Å². The Hall–Kier alpha value is -1.22. The van der Waals surface area contributed by atoms with E-state index in [0.717, 1.165) is 0 Å². The number of benzene rings is 2. The number of rotatable bonds is 3. The summed E-state index contributed by atoms with van der Waals surface area (Å²) in [5, 5.41) is 1.07. The fourth-order valence-electron chi connectivity index (χ4n) is 1.53. The standard InChI is InChI=1S/C14H9Cl3O2/c1-8(18)10-6-5-9(7-12(10)16)19-13-4-2-3-11(15)14(13)17/h2-7H,1H3. The molecule has 0 fully saturated rings. The van der Waals surface area contributed by atoms with E-state index in [1.807, 2.05) is 0 Å². The third kappa shape index (κ3) is 3.21. The van der Waals surface area contributed by atoms with Gasteiger partial charge in [-0.3, -0.25) is 4.79 Å². The van der Waals surface area contributed by atoms with Gasteiger partial charge in [0, 0.05) is 11.6 Å². The predicted molar refractivity (Wildman–Crippen MR) is 78.0 cm³/mol. The van der Waals surface area contributed by atoms with Gasteiger partial charge in [-0.1, -0.05) is 40.9 Å². The lowest BCUT2D eigenvalue weighted by Gasteiger charge is -2.09. The Kier molecular flexibility index (Phi) is 4.35. The molecule has 0 aromatic heterocycles. The number of halogens is 3. The maximum Gasteiger partial charge on any atom is 0.161 e. The SMILES string of the molecule is CC(=O)c1ccc(Oc2cccc(Cl)c2Cl)cc1Cl. The molecule has 0 bridgehead atoms. The molecule has 19 heavy (non-hydrogen) atoms. The van der Waals surface area contributed by atoms with E-state index in [4.69, 9.17) is 39.5 Å². The summed E-state index contributed by atoms with van der Waals surface area (Å²) in [7, 11) is 0. The second kappa shape index (κ2) is 5.83. The summed E-state index contributed by atoms with van der Waals surface area (Å²) in [5.41, 5.74) is 0.450. The van der Waals surface area contributed by atoms with E-state index in [1.54, 1.807) is 36.4 Å². The van der Waals surface area contributed by atoms with Crippen molar-refractivity contribution >= 4 is 40.6 Å². The zero-order valence-corrected chi connectivity index (χ0v) is 12.2. The Morgan fingerprint density at radius 1 is 1.05 bits per heavy atom. The molecule has 0 aliphatic rings. The van der Waals surface area contributed by atoms with Crippen LogP contribution in [0.3, 0.4) is 0 Å². The minimum atomic E-state index is -0.0997. The van der Waals surface area contributed by atoms with Crippen LogP contribution in [0, 0.1) is 0 Å². The van der Waals surface area contributed by atoms with Gasteiger partial charge < -0.3 is 4.74 Å². The molecule has 0 radical (unpaired) electrons. The molecule has 0 saturated carbocycles. The Bertz CT molecular complexity index is 639. The first kappa shape index (κ1) is 14.2.